The Morgan fingerprint density at radius 2 is 1.86 bits per heavy atom. The number of benzene rings is 2. The van der Waals surface area contributed by atoms with Crippen molar-refractivity contribution in [1.82, 2.24) is 19.7 Å². The molecule has 0 bridgehead atoms. The number of aliphatic hydroxyl groups excluding tert-OH is 1. The first-order valence-corrected chi connectivity index (χ1v) is 12.7. The lowest BCUT2D eigenvalue weighted by molar-refractivity contribution is 0.0167. The van der Waals surface area contributed by atoms with Crippen LogP contribution in [0.3, 0.4) is 0 Å². The highest BCUT2D eigenvalue weighted by Gasteiger charge is 2.38. The fourth-order valence-corrected chi connectivity index (χ4v) is 5.83. The molecule has 36 heavy (non-hydrogen) atoms. The summed E-state index contributed by atoms with van der Waals surface area (Å²) >= 11 is 0. The summed E-state index contributed by atoms with van der Waals surface area (Å²) in [5.74, 6) is -0.00483. The molecule has 2 aromatic carbocycles. The first-order chi connectivity index (χ1) is 17.5. The fourth-order valence-electron chi connectivity index (χ4n) is 5.83. The van der Waals surface area contributed by atoms with Gasteiger partial charge in [0.05, 0.1) is 41.8 Å². The summed E-state index contributed by atoms with van der Waals surface area (Å²) in [6, 6.07) is 14.5. The molecular formula is C29H31N5O2. The third-order valence-corrected chi connectivity index (χ3v) is 7.67. The van der Waals surface area contributed by atoms with Gasteiger partial charge in [0.2, 0.25) is 0 Å². The number of anilines is 1. The summed E-state index contributed by atoms with van der Waals surface area (Å²) in [4.78, 5) is 22.5. The normalized spacial score (nSPS) is 20.1. The van der Waals surface area contributed by atoms with Crippen LogP contribution >= 0.6 is 0 Å². The molecule has 1 N–H and O–H groups in total. The van der Waals surface area contributed by atoms with Crippen molar-refractivity contribution < 1.29 is 9.90 Å². The molecule has 184 valence electrons. The van der Waals surface area contributed by atoms with E-state index in [0.29, 0.717) is 18.7 Å². The maximum atomic E-state index is 13.8. The number of hydrogen-bond donors (Lipinski definition) is 1. The van der Waals surface area contributed by atoms with Gasteiger partial charge in [0, 0.05) is 37.4 Å². The maximum absolute atomic E-state index is 13.8. The van der Waals surface area contributed by atoms with Crippen molar-refractivity contribution in [1.29, 1.82) is 0 Å². The molecular weight excluding hydrogens is 450 g/mol. The van der Waals surface area contributed by atoms with Crippen LogP contribution < -0.4 is 4.90 Å². The van der Waals surface area contributed by atoms with E-state index in [1.165, 1.54) is 5.56 Å². The molecule has 1 fully saturated rings. The van der Waals surface area contributed by atoms with Gasteiger partial charge >= 0.3 is 0 Å². The van der Waals surface area contributed by atoms with Gasteiger partial charge in [0.15, 0.2) is 0 Å². The number of hydrogen-bond acceptors (Lipinski definition) is 5. The van der Waals surface area contributed by atoms with Gasteiger partial charge < -0.3 is 14.9 Å². The van der Waals surface area contributed by atoms with Gasteiger partial charge in [-0.05, 0) is 48.1 Å². The van der Waals surface area contributed by atoms with E-state index in [1.54, 1.807) is 10.9 Å². The maximum Gasteiger partial charge on any atom is 0.257 e. The van der Waals surface area contributed by atoms with Crippen molar-refractivity contribution in [2.75, 3.05) is 18.6 Å². The Balaban J connectivity index is 1.38. The summed E-state index contributed by atoms with van der Waals surface area (Å²) < 4.78 is 1.80. The fraction of sp³-hybridized carbons (Fsp3) is 0.345. The van der Waals surface area contributed by atoms with E-state index in [0.717, 1.165) is 59.0 Å². The smallest absolute Gasteiger partial charge is 0.257 e. The van der Waals surface area contributed by atoms with E-state index in [1.807, 2.05) is 37.5 Å². The van der Waals surface area contributed by atoms with E-state index in [4.69, 9.17) is 4.98 Å². The van der Waals surface area contributed by atoms with Crippen LogP contribution in [-0.2, 0) is 13.5 Å². The average molecular weight is 482 g/mol. The Hall–Kier alpha value is -3.71. The van der Waals surface area contributed by atoms with Crippen molar-refractivity contribution in [2.45, 2.75) is 44.2 Å². The lowest BCUT2D eigenvalue weighted by Gasteiger charge is -2.43. The molecule has 0 unspecified atom stereocenters. The van der Waals surface area contributed by atoms with Crippen LogP contribution in [-0.4, -0.2) is 56.5 Å². The SMILES string of the molecule is CN1CN([C@H]2CCCC[C@@H]2O)C(=O)c2cc(Cc3ccc(-c4cnn(C)c4)cc3)c3cccnc3c21. The van der Waals surface area contributed by atoms with E-state index in [9.17, 15) is 9.90 Å². The molecule has 1 aliphatic carbocycles. The number of carbonyl (C=O) groups is 1. The zero-order valence-electron chi connectivity index (χ0n) is 20.8. The van der Waals surface area contributed by atoms with Crippen molar-refractivity contribution >= 4 is 22.5 Å². The number of aromatic nitrogens is 3. The van der Waals surface area contributed by atoms with E-state index in [-0.39, 0.29) is 11.9 Å². The van der Waals surface area contributed by atoms with Gasteiger partial charge in [-0.3, -0.25) is 14.5 Å². The van der Waals surface area contributed by atoms with Crippen LogP contribution in [0.2, 0.25) is 0 Å². The predicted molar refractivity (Wildman–Crippen MR) is 141 cm³/mol. The van der Waals surface area contributed by atoms with Gasteiger partial charge in [0.25, 0.3) is 5.91 Å². The van der Waals surface area contributed by atoms with Gasteiger partial charge in [-0.25, -0.2) is 0 Å². The summed E-state index contributed by atoms with van der Waals surface area (Å²) in [7, 11) is 3.93. The van der Waals surface area contributed by atoms with Crippen LogP contribution in [0, 0.1) is 0 Å². The van der Waals surface area contributed by atoms with E-state index in [2.05, 4.69) is 46.4 Å². The monoisotopic (exact) mass is 481 g/mol. The molecule has 2 aliphatic rings. The molecule has 3 heterocycles. The van der Waals surface area contributed by atoms with Crippen LogP contribution in [0.5, 0.6) is 0 Å². The molecule has 0 spiro atoms. The molecule has 1 amide bonds. The van der Waals surface area contributed by atoms with Crippen LogP contribution in [0.15, 0.2) is 61.1 Å². The molecule has 2 atom stereocenters. The molecule has 0 radical (unpaired) electrons. The Bertz CT molecular complexity index is 1430. The van der Waals surface area contributed by atoms with Crippen LogP contribution in [0.25, 0.3) is 22.0 Å². The lowest BCUT2D eigenvalue weighted by Crippen LogP contribution is -2.55. The highest BCUT2D eigenvalue weighted by atomic mass is 16.3. The summed E-state index contributed by atoms with van der Waals surface area (Å²) in [5.41, 5.74) is 6.88. The van der Waals surface area contributed by atoms with Gasteiger partial charge in [-0.1, -0.05) is 43.2 Å². The highest BCUT2D eigenvalue weighted by molar-refractivity contribution is 6.10. The Morgan fingerprint density at radius 3 is 2.61 bits per heavy atom. The zero-order valence-corrected chi connectivity index (χ0v) is 20.8. The number of aryl methyl sites for hydroxylation is 1. The minimum absolute atomic E-state index is 0.00483. The number of fused-ring (bicyclic) bond motifs is 3. The topological polar surface area (TPSA) is 74.5 Å². The minimum atomic E-state index is -0.464. The first kappa shape index (κ1) is 22.7. The predicted octanol–water partition coefficient (Wildman–Crippen LogP) is 4.38. The van der Waals surface area contributed by atoms with E-state index < -0.39 is 6.10 Å². The second kappa shape index (κ2) is 9.06. The quantitative estimate of drug-likeness (QED) is 0.468. The van der Waals surface area contributed by atoms with Gasteiger partial charge in [-0.15, -0.1) is 0 Å². The molecule has 6 rings (SSSR count). The van der Waals surface area contributed by atoms with Gasteiger partial charge in [-0.2, -0.15) is 5.10 Å². The summed E-state index contributed by atoms with van der Waals surface area (Å²) in [6.07, 6.45) is 9.57. The molecule has 7 nitrogen and oxygen atoms in total. The molecule has 0 saturated heterocycles. The number of carbonyl (C=O) groups excluding carboxylic acids is 1. The van der Waals surface area contributed by atoms with Crippen LogP contribution in [0.4, 0.5) is 5.69 Å². The Labute approximate surface area is 211 Å². The average Bonchev–Trinajstić information content (AvgIpc) is 3.33. The number of aliphatic hydroxyl groups is 1. The molecule has 2 aromatic heterocycles. The highest BCUT2D eigenvalue weighted by Crippen LogP contribution is 2.38. The van der Waals surface area contributed by atoms with Crippen molar-refractivity contribution in [3.8, 4) is 11.1 Å². The van der Waals surface area contributed by atoms with Crippen molar-refractivity contribution in [3.05, 3.63) is 77.7 Å². The number of amides is 1. The second-order valence-corrected chi connectivity index (χ2v) is 10.1. The number of rotatable bonds is 4. The minimum Gasteiger partial charge on any atom is -0.391 e. The Morgan fingerprint density at radius 1 is 1.06 bits per heavy atom. The molecule has 1 aliphatic heterocycles. The Kier molecular flexibility index (Phi) is 5.72. The lowest BCUT2D eigenvalue weighted by atomic mass is 9.89. The second-order valence-electron chi connectivity index (χ2n) is 10.1. The molecule has 1 saturated carbocycles. The van der Waals surface area contributed by atoms with Crippen LogP contribution in [0.1, 0.15) is 47.2 Å². The zero-order chi connectivity index (χ0) is 24.8. The van der Waals surface area contributed by atoms with Crippen molar-refractivity contribution in [3.63, 3.8) is 0 Å². The van der Waals surface area contributed by atoms with E-state index >= 15 is 0 Å². The van der Waals surface area contributed by atoms with Crippen molar-refractivity contribution in [2.24, 2.45) is 7.05 Å². The number of nitrogens with zero attached hydrogens (tertiary/aromatic N) is 5. The first-order valence-electron chi connectivity index (χ1n) is 12.7. The number of pyridine rings is 1. The molecule has 4 aromatic rings. The molecule has 7 heteroatoms. The summed E-state index contributed by atoms with van der Waals surface area (Å²) in [6.45, 7) is 0.467. The standard InChI is InChI=1S/C29H31N5O2/c1-32-18-34(25-7-3-4-8-26(25)35)29(36)24-15-21(23-6-5-13-30-27(23)28(24)32)14-19-9-11-20(12-10-19)22-16-31-33(2)17-22/h5-6,9-13,15-17,25-26,35H,3-4,7-8,14,18H2,1-2H3/t25-,26-/m0/s1. The largest absolute Gasteiger partial charge is 0.391 e. The third-order valence-electron chi connectivity index (χ3n) is 7.67. The summed E-state index contributed by atoms with van der Waals surface area (Å²) in [5, 5.41) is 16.0. The van der Waals surface area contributed by atoms with Gasteiger partial charge in [0.1, 0.15) is 0 Å². The third kappa shape index (κ3) is 3.93.